The zero-order valence-electron chi connectivity index (χ0n) is 16.4. The maximum atomic E-state index is 12.3. The number of hydrogen-bond acceptors (Lipinski definition) is 7. The van der Waals surface area contributed by atoms with E-state index < -0.39 is 0 Å². The van der Waals surface area contributed by atoms with Gasteiger partial charge in [0.2, 0.25) is 0 Å². The Morgan fingerprint density at radius 3 is 2.67 bits per heavy atom. The Labute approximate surface area is 183 Å². The van der Waals surface area contributed by atoms with Crippen molar-refractivity contribution in [3.63, 3.8) is 0 Å². The van der Waals surface area contributed by atoms with Crippen molar-refractivity contribution in [2.75, 3.05) is 25.6 Å². The van der Waals surface area contributed by atoms with Crippen LogP contribution in [-0.2, 0) is 9.59 Å². The first kappa shape index (κ1) is 21.7. The minimum absolute atomic E-state index is 0.205. The molecule has 2 aromatic carbocycles. The number of thiocarbonyl (C=S) groups is 1. The normalized spacial score (nSPS) is 14.4. The van der Waals surface area contributed by atoms with E-state index >= 15 is 0 Å². The van der Waals surface area contributed by atoms with E-state index in [9.17, 15) is 9.59 Å². The summed E-state index contributed by atoms with van der Waals surface area (Å²) in [5.41, 5.74) is 1.32. The van der Waals surface area contributed by atoms with Gasteiger partial charge in [0.1, 0.15) is 10.1 Å². The number of benzene rings is 2. The largest absolute Gasteiger partial charge is 0.493 e. The molecule has 1 aliphatic rings. The van der Waals surface area contributed by atoms with Crippen LogP contribution < -0.4 is 24.8 Å². The lowest BCUT2D eigenvalue weighted by molar-refractivity contribution is -0.118. The van der Waals surface area contributed by atoms with Crippen molar-refractivity contribution in [2.45, 2.75) is 6.92 Å². The zero-order chi connectivity index (χ0) is 21.5. The summed E-state index contributed by atoms with van der Waals surface area (Å²) in [5.74, 6) is 0.887. The van der Waals surface area contributed by atoms with Crippen LogP contribution in [0.5, 0.6) is 17.2 Å². The molecule has 1 saturated heterocycles. The van der Waals surface area contributed by atoms with Crippen molar-refractivity contribution in [3.8, 4) is 17.2 Å². The number of thioether (sulfide) groups is 1. The highest BCUT2D eigenvalue weighted by Crippen LogP contribution is 2.31. The van der Waals surface area contributed by atoms with Gasteiger partial charge in [-0.3, -0.25) is 9.59 Å². The third kappa shape index (κ3) is 5.52. The molecule has 2 N–H and O–H groups in total. The molecule has 9 heteroatoms. The smallest absolute Gasteiger partial charge is 0.263 e. The molecule has 0 saturated carbocycles. The van der Waals surface area contributed by atoms with Crippen LogP contribution in [0.2, 0.25) is 0 Å². The number of carbonyl (C=O) groups is 2. The number of carbonyl (C=O) groups excluding carboxylic acids is 2. The van der Waals surface area contributed by atoms with E-state index in [-0.39, 0.29) is 18.4 Å². The summed E-state index contributed by atoms with van der Waals surface area (Å²) in [6.45, 7) is 2.17. The molecule has 0 atom stereocenters. The van der Waals surface area contributed by atoms with Gasteiger partial charge in [0, 0.05) is 0 Å². The Kier molecular flexibility index (Phi) is 7.31. The number of hydrogen-bond donors (Lipinski definition) is 2. The first-order chi connectivity index (χ1) is 14.5. The lowest BCUT2D eigenvalue weighted by Crippen LogP contribution is -2.20. The van der Waals surface area contributed by atoms with Crippen molar-refractivity contribution in [2.24, 2.45) is 0 Å². The van der Waals surface area contributed by atoms with Gasteiger partial charge in [0.15, 0.2) is 18.1 Å². The topological polar surface area (TPSA) is 85.9 Å². The Bertz CT molecular complexity index is 1010. The van der Waals surface area contributed by atoms with E-state index in [1.807, 2.05) is 19.1 Å². The molecule has 3 rings (SSSR count). The van der Waals surface area contributed by atoms with E-state index in [0.717, 1.165) is 5.56 Å². The summed E-state index contributed by atoms with van der Waals surface area (Å²) in [5, 5.41) is 5.34. The van der Waals surface area contributed by atoms with E-state index in [0.29, 0.717) is 38.8 Å². The van der Waals surface area contributed by atoms with Gasteiger partial charge in [0.05, 0.1) is 24.3 Å². The maximum absolute atomic E-state index is 12.3. The fourth-order valence-electron chi connectivity index (χ4n) is 2.65. The van der Waals surface area contributed by atoms with Crippen LogP contribution in [0, 0.1) is 0 Å². The molecule has 7 nitrogen and oxygen atoms in total. The molecule has 156 valence electrons. The van der Waals surface area contributed by atoms with Crippen LogP contribution in [0.15, 0.2) is 47.4 Å². The van der Waals surface area contributed by atoms with Gasteiger partial charge >= 0.3 is 0 Å². The van der Waals surface area contributed by atoms with Crippen LogP contribution in [0.3, 0.4) is 0 Å². The lowest BCUT2D eigenvalue weighted by atomic mass is 10.2. The van der Waals surface area contributed by atoms with Gasteiger partial charge in [-0.1, -0.05) is 42.2 Å². The Balaban J connectivity index is 1.65. The first-order valence-corrected chi connectivity index (χ1v) is 10.3. The van der Waals surface area contributed by atoms with Gasteiger partial charge in [-0.15, -0.1) is 0 Å². The summed E-state index contributed by atoms with van der Waals surface area (Å²) in [6.07, 6.45) is 1.71. The van der Waals surface area contributed by atoms with Crippen LogP contribution in [0.25, 0.3) is 6.08 Å². The Hall–Kier alpha value is -3.04. The molecule has 0 spiro atoms. The van der Waals surface area contributed by atoms with Crippen LogP contribution in [-0.4, -0.2) is 36.5 Å². The Morgan fingerprint density at radius 1 is 1.17 bits per heavy atom. The van der Waals surface area contributed by atoms with Gasteiger partial charge < -0.3 is 24.8 Å². The van der Waals surface area contributed by atoms with Crippen LogP contribution in [0.4, 0.5) is 5.69 Å². The highest BCUT2D eigenvalue weighted by atomic mass is 32.2. The number of ether oxygens (including phenoxy) is 3. The minimum Gasteiger partial charge on any atom is -0.493 e. The number of amides is 2. The van der Waals surface area contributed by atoms with E-state index in [1.54, 1.807) is 36.4 Å². The zero-order valence-corrected chi connectivity index (χ0v) is 18.0. The molecule has 0 radical (unpaired) electrons. The van der Waals surface area contributed by atoms with Gasteiger partial charge in [0.25, 0.3) is 11.8 Å². The average Bonchev–Trinajstić information content (AvgIpc) is 3.05. The molecule has 1 heterocycles. The molecule has 30 heavy (non-hydrogen) atoms. The van der Waals surface area contributed by atoms with Gasteiger partial charge in [-0.25, -0.2) is 0 Å². The minimum atomic E-state index is -0.331. The fraction of sp³-hybridized carbons (Fsp3) is 0.190. The standard InChI is InChI=1S/C21H20N2O5S2/c1-3-27-15-7-5-4-6-14(15)22-19(24)12-28-16-9-8-13(10-17(16)26-2)11-18-20(25)23-21(29)30-18/h4-11H,3,12H2,1-2H3,(H,22,24)(H,23,25,29)/b18-11-. The Morgan fingerprint density at radius 2 is 1.97 bits per heavy atom. The molecular weight excluding hydrogens is 424 g/mol. The molecule has 0 bridgehead atoms. The van der Waals surface area contributed by atoms with E-state index in [1.165, 1.54) is 18.9 Å². The SMILES string of the molecule is CCOc1ccccc1NC(=O)COc1ccc(/C=C2\SC(=S)NC2=O)cc1OC. The number of para-hydroxylation sites is 2. The number of methoxy groups -OCH3 is 1. The highest BCUT2D eigenvalue weighted by Gasteiger charge is 2.22. The molecule has 1 fully saturated rings. The number of nitrogens with one attached hydrogen (secondary N) is 2. The van der Waals surface area contributed by atoms with Crippen molar-refractivity contribution in [3.05, 3.63) is 52.9 Å². The molecule has 0 unspecified atom stereocenters. The van der Waals surface area contributed by atoms with E-state index in [2.05, 4.69) is 10.6 Å². The van der Waals surface area contributed by atoms with Crippen LogP contribution in [0.1, 0.15) is 12.5 Å². The van der Waals surface area contributed by atoms with Crippen LogP contribution >= 0.6 is 24.0 Å². The third-order valence-corrected chi connectivity index (χ3v) is 5.11. The summed E-state index contributed by atoms with van der Waals surface area (Å²) in [4.78, 5) is 24.6. The monoisotopic (exact) mass is 444 g/mol. The molecule has 1 aliphatic heterocycles. The predicted octanol–water partition coefficient (Wildman–Crippen LogP) is 3.60. The summed E-state index contributed by atoms with van der Waals surface area (Å²) >= 11 is 6.19. The predicted molar refractivity (Wildman–Crippen MR) is 121 cm³/mol. The van der Waals surface area contributed by atoms with Crippen molar-refractivity contribution >= 4 is 51.9 Å². The fourth-order valence-corrected chi connectivity index (χ4v) is 3.69. The molecule has 2 aromatic rings. The first-order valence-electron chi connectivity index (χ1n) is 9.07. The number of anilines is 1. The van der Waals surface area contributed by atoms with Gasteiger partial charge in [-0.2, -0.15) is 0 Å². The second-order valence-corrected chi connectivity index (χ2v) is 7.75. The molecule has 0 aliphatic carbocycles. The maximum Gasteiger partial charge on any atom is 0.263 e. The second kappa shape index (κ2) is 10.1. The molecular formula is C21H20N2O5S2. The lowest BCUT2D eigenvalue weighted by Gasteiger charge is -2.13. The average molecular weight is 445 g/mol. The summed E-state index contributed by atoms with van der Waals surface area (Å²) < 4.78 is 16.9. The third-order valence-electron chi connectivity index (χ3n) is 3.95. The summed E-state index contributed by atoms with van der Waals surface area (Å²) in [6, 6.07) is 12.4. The van der Waals surface area contributed by atoms with Crippen molar-refractivity contribution in [1.29, 1.82) is 0 Å². The summed E-state index contributed by atoms with van der Waals surface area (Å²) in [7, 11) is 1.50. The second-order valence-electron chi connectivity index (χ2n) is 6.03. The molecule has 0 aromatic heterocycles. The van der Waals surface area contributed by atoms with Gasteiger partial charge in [-0.05, 0) is 42.8 Å². The quantitative estimate of drug-likeness (QED) is 0.475. The van der Waals surface area contributed by atoms with Crippen molar-refractivity contribution in [1.82, 2.24) is 5.32 Å². The number of rotatable bonds is 8. The van der Waals surface area contributed by atoms with E-state index in [4.69, 9.17) is 26.4 Å². The molecule has 2 amide bonds. The van der Waals surface area contributed by atoms with Crippen molar-refractivity contribution < 1.29 is 23.8 Å². The highest BCUT2D eigenvalue weighted by molar-refractivity contribution is 8.26.